The minimum atomic E-state index is 0.519. The monoisotopic (exact) mass is 395 g/mol. The fourth-order valence-electron chi connectivity index (χ4n) is 4.76. The highest BCUT2D eigenvalue weighted by molar-refractivity contribution is 5.79. The molecule has 28 heavy (non-hydrogen) atoms. The van der Waals surface area contributed by atoms with Crippen LogP contribution in [0.2, 0.25) is 0 Å². The van der Waals surface area contributed by atoms with E-state index in [2.05, 4.69) is 53.1 Å². The number of likely N-dealkylation sites (tertiary alicyclic amines) is 1. The maximum absolute atomic E-state index is 5.51. The number of hydrogen-bond donors (Lipinski definition) is 2. The number of unbranched alkanes of at least 4 members (excludes halogenated alkanes) is 1. The molecular weight excluding hydrogens is 350 g/mol. The summed E-state index contributed by atoms with van der Waals surface area (Å²) in [7, 11) is 1.87. The highest BCUT2D eigenvalue weighted by Crippen LogP contribution is 2.21. The van der Waals surface area contributed by atoms with Crippen molar-refractivity contribution in [2.45, 2.75) is 53.0 Å². The van der Waals surface area contributed by atoms with Gasteiger partial charge in [0.1, 0.15) is 0 Å². The van der Waals surface area contributed by atoms with Gasteiger partial charge in [-0.3, -0.25) is 9.89 Å². The number of ether oxygens (including phenoxy) is 1. The van der Waals surface area contributed by atoms with E-state index in [0.29, 0.717) is 12.0 Å². The van der Waals surface area contributed by atoms with Crippen molar-refractivity contribution in [2.24, 2.45) is 22.7 Å². The first-order chi connectivity index (χ1) is 13.5. The summed E-state index contributed by atoms with van der Waals surface area (Å²) >= 11 is 0. The van der Waals surface area contributed by atoms with Crippen LogP contribution < -0.4 is 10.6 Å². The molecule has 2 N–H and O–H groups in total. The summed E-state index contributed by atoms with van der Waals surface area (Å²) in [6, 6.07) is 0.519. The summed E-state index contributed by atoms with van der Waals surface area (Å²) in [6.07, 6.45) is 3.84. The molecule has 2 aliphatic rings. The van der Waals surface area contributed by atoms with Crippen LogP contribution in [-0.4, -0.2) is 87.9 Å². The van der Waals surface area contributed by atoms with E-state index in [9.17, 15) is 0 Å². The highest BCUT2D eigenvalue weighted by atomic mass is 16.5. The van der Waals surface area contributed by atoms with Crippen molar-refractivity contribution in [1.82, 2.24) is 20.4 Å². The van der Waals surface area contributed by atoms with Gasteiger partial charge in [-0.1, -0.05) is 27.7 Å². The normalized spacial score (nSPS) is 26.4. The molecule has 0 radical (unpaired) electrons. The van der Waals surface area contributed by atoms with E-state index in [1.807, 2.05) is 7.05 Å². The van der Waals surface area contributed by atoms with Crippen LogP contribution in [0.4, 0.5) is 0 Å². The van der Waals surface area contributed by atoms with Crippen LogP contribution in [-0.2, 0) is 4.74 Å². The maximum atomic E-state index is 5.51. The quantitative estimate of drug-likeness (QED) is 0.356. The zero-order valence-electron chi connectivity index (χ0n) is 19.0. The molecule has 6 heteroatoms. The summed E-state index contributed by atoms with van der Waals surface area (Å²) in [5, 5.41) is 7.05. The van der Waals surface area contributed by atoms with Crippen LogP contribution in [0.1, 0.15) is 47.0 Å². The Bertz CT molecular complexity index is 440. The summed E-state index contributed by atoms with van der Waals surface area (Å²) in [4.78, 5) is 9.62. The van der Waals surface area contributed by atoms with E-state index in [1.165, 1.54) is 38.9 Å². The number of guanidine groups is 1. The van der Waals surface area contributed by atoms with E-state index in [1.54, 1.807) is 0 Å². The summed E-state index contributed by atoms with van der Waals surface area (Å²) < 4.78 is 5.51. The SMILES string of the molecule is CN=C(NCCCCN1CC(C)CC(C)C1)NCC(C(C)C)N1CCOCC1. The van der Waals surface area contributed by atoms with Gasteiger partial charge in [0.25, 0.3) is 0 Å². The first-order valence-corrected chi connectivity index (χ1v) is 11.5. The zero-order valence-corrected chi connectivity index (χ0v) is 19.0. The number of aliphatic imine (C=N–C) groups is 1. The molecule has 3 unspecified atom stereocenters. The first kappa shape index (κ1) is 23.4. The van der Waals surface area contributed by atoms with Crippen LogP contribution >= 0.6 is 0 Å². The highest BCUT2D eigenvalue weighted by Gasteiger charge is 2.24. The average Bonchev–Trinajstić information content (AvgIpc) is 2.66. The Kier molecular flexibility index (Phi) is 10.6. The van der Waals surface area contributed by atoms with Crippen molar-refractivity contribution in [1.29, 1.82) is 0 Å². The topological polar surface area (TPSA) is 52.1 Å². The third kappa shape index (κ3) is 8.26. The van der Waals surface area contributed by atoms with Gasteiger partial charge in [-0.15, -0.1) is 0 Å². The van der Waals surface area contributed by atoms with Crippen LogP contribution in [0.15, 0.2) is 4.99 Å². The van der Waals surface area contributed by atoms with E-state index in [0.717, 1.165) is 57.2 Å². The third-order valence-corrected chi connectivity index (χ3v) is 6.12. The van der Waals surface area contributed by atoms with Crippen molar-refractivity contribution in [2.75, 3.05) is 66.1 Å². The number of hydrogen-bond acceptors (Lipinski definition) is 4. The third-order valence-electron chi connectivity index (χ3n) is 6.12. The molecule has 0 bridgehead atoms. The Morgan fingerprint density at radius 1 is 1.07 bits per heavy atom. The molecule has 0 aromatic rings. The predicted molar refractivity (Wildman–Crippen MR) is 119 cm³/mol. The predicted octanol–water partition coefficient (Wildman–Crippen LogP) is 2.27. The van der Waals surface area contributed by atoms with Gasteiger partial charge >= 0.3 is 0 Å². The molecular formula is C22H45N5O. The minimum Gasteiger partial charge on any atom is -0.379 e. The fourth-order valence-corrected chi connectivity index (χ4v) is 4.76. The van der Waals surface area contributed by atoms with Crippen molar-refractivity contribution in [3.63, 3.8) is 0 Å². The van der Waals surface area contributed by atoms with Crippen LogP contribution in [0.3, 0.4) is 0 Å². The molecule has 0 spiro atoms. The summed E-state index contributed by atoms with van der Waals surface area (Å²) in [6.45, 7) is 18.9. The van der Waals surface area contributed by atoms with Crippen molar-refractivity contribution in [3.8, 4) is 0 Å². The molecule has 2 fully saturated rings. The van der Waals surface area contributed by atoms with Crippen LogP contribution in [0, 0.1) is 17.8 Å². The second-order valence-corrected chi connectivity index (χ2v) is 9.25. The molecule has 0 aromatic heterocycles. The second-order valence-electron chi connectivity index (χ2n) is 9.25. The van der Waals surface area contributed by atoms with Gasteiger partial charge in [-0.05, 0) is 43.6 Å². The fraction of sp³-hybridized carbons (Fsp3) is 0.955. The van der Waals surface area contributed by atoms with Gasteiger partial charge in [0.15, 0.2) is 5.96 Å². The molecule has 2 saturated heterocycles. The van der Waals surface area contributed by atoms with Crippen molar-refractivity contribution in [3.05, 3.63) is 0 Å². The lowest BCUT2D eigenvalue weighted by Gasteiger charge is -2.37. The number of morpholine rings is 1. The maximum Gasteiger partial charge on any atom is 0.191 e. The van der Waals surface area contributed by atoms with Gasteiger partial charge in [0.05, 0.1) is 13.2 Å². The molecule has 0 aliphatic carbocycles. The molecule has 2 rings (SSSR count). The Morgan fingerprint density at radius 3 is 2.36 bits per heavy atom. The number of nitrogens with one attached hydrogen (secondary N) is 2. The largest absolute Gasteiger partial charge is 0.379 e. The van der Waals surface area contributed by atoms with Crippen LogP contribution in [0.5, 0.6) is 0 Å². The number of nitrogens with zero attached hydrogens (tertiary/aromatic N) is 3. The second kappa shape index (κ2) is 12.7. The molecule has 2 heterocycles. The van der Waals surface area contributed by atoms with E-state index < -0.39 is 0 Å². The molecule has 164 valence electrons. The summed E-state index contributed by atoms with van der Waals surface area (Å²) in [5.74, 6) is 3.24. The molecule has 2 aliphatic heterocycles. The lowest BCUT2D eigenvalue weighted by atomic mass is 9.92. The Morgan fingerprint density at radius 2 is 1.75 bits per heavy atom. The van der Waals surface area contributed by atoms with Crippen molar-refractivity contribution >= 4 is 5.96 Å². The molecule has 0 aromatic carbocycles. The van der Waals surface area contributed by atoms with E-state index >= 15 is 0 Å². The smallest absolute Gasteiger partial charge is 0.191 e. The van der Waals surface area contributed by atoms with Crippen molar-refractivity contribution < 1.29 is 4.74 Å². The van der Waals surface area contributed by atoms with E-state index in [-0.39, 0.29) is 0 Å². The number of piperidine rings is 1. The van der Waals surface area contributed by atoms with Gasteiger partial charge in [-0.25, -0.2) is 0 Å². The minimum absolute atomic E-state index is 0.519. The lowest BCUT2D eigenvalue weighted by Crippen LogP contribution is -2.52. The Hall–Kier alpha value is -0.850. The molecule has 0 amide bonds. The zero-order chi connectivity index (χ0) is 20.4. The Balaban J connectivity index is 1.62. The Labute approximate surface area is 173 Å². The summed E-state index contributed by atoms with van der Waals surface area (Å²) in [5.41, 5.74) is 0. The van der Waals surface area contributed by atoms with E-state index in [4.69, 9.17) is 4.74 Å². The van der Waals surface area contributed by atoms with Gasteiger partial charge in [-0.2, -0.15) is 0 Å². The molecule has 3 atom stereocenters. The average molecular weight is 396 g/mol. The molecule has 6 nitrogen and oxygen atoms in total. The standard InChI is InChI=1S/C22H45N5O/c1-18(2)21(27-10-12-28-13-11-27)15-25-22(23-5)24-8-6-7-9-26-16-19(3)14-20(4)17-26/h18-21H,6-17H2,1-5H3,(H2,23,24,25). The first-order valence-electron chi connectivity index (χ1n) is 11.5. The van der Waals surface area contributed by atoms with Gasteiger partial charge in [0.2, 0.25) is 0 Å². The lowest BCUT2D eigenvalue weighted by molar-refractivity contribution is 0.00752. The van der Waals surface area contributed by atoms with Gasteiger partial charge < -0.3 is 20.3 Å². The molecule has 0 saturated carbocycles. The number of rotatable bonds is 9. The van der Waals surface area contributed by atoms with Gasteiger partial charge in [0, 0.05) is 52.4 Å². The van der Waals surface area contributed by atoms with Crippen LogP contribution in [0.25, 0.3) is 0 Å².